The summed E-state index contributed by atoms with van der Waals surface area (Å²) < 4.78 is 17.9. The lowest BCUT2D eigenvalue weighted by atomic mass is 10.1. The molecule has 0 aliphatic carbocycles. The van der Waals surface area contributed by atoms with Crippen molar-refractivity contribution in [3.8, 4) is 0 Å². The molecule has 0 bridgehead atoms. The summed E-state index contributed by atoms with van der Waals surface area (Å²) in [4.78, 5) is 58.6. The van der Waals surface area contributed by atoms with E-state index in [1.165, 1.54) is 12.1 Å². The fourth-order valence-corrected chi connectivity index (χ4v) is 4.32. The van der Waals surface area contributed by atoms with Crippen molar-refractivity contribution in [3.63, 3.8) is 0 Å². The number of alkyl carbamates (subject to hydrolysis) is 1. The Kier molecular flexibility index (Phi) is 13.4. The van der Waals surface area contributed by atoms with E-state index in [9.17, 15) is 33.5 Å². The normalized spacial score (nSPS) is 12.1. The molecule has 5 N–H and O–H groups in total. The summed E-state index contributed by atoms with van der Waals surface area (Å²) in [5.74, 6) is -3.86. The van der Waals surface area contributed by atoms with Gasteiger partial charge in [-0.1, -0.05) is 12.1 Å². The molecule has 2 amide bonds. The minimum absolute atomic E-state index is 0.00128. The molecule has 0 spiro atoms. The number of carbonyl (C=O) groups is 5. The minimum atomic E-state index is -1.52. The number of hydrogen-bond acceptors (Lipinski definition) is 7. The van der Waals surface area contributed by atoms with Gasteiger partial charge in [0.2, 0.25) is 6.10 Å². The zero-order valence-electron chi connectivity index (χ0n) is 21.5. The van der Waals surface area contributed by atoms with Gasteiger partial charge in [0.05, 0.1) is 0 Å². The Hall–Kier alpha value is -4.13. The van der Waals surface area contributed by atoms with Gasteiger partial charge < -0.3 is 30.7 Å². The van der Waals surface area contributed by atoms with Crippen molar-refractivity contribution in [2.75, 3.05) is 6.54 Å². The van der Waals surface area contributed by atoms with Gasteiger partial charge in [0, 0.05) is 29.2 Å². The van der Waals surface area contributed by atoms with Gasteiger partial charge in [-0.05, 0) is 74.1 Å². The van der Waals surface area contributed by atoms with Crippen LogP contribution in [0.15, 0.2) is 53.4 Å². The molecular weight excluding hydrogens is 547 g/mol. The van der Waals surface area contributed by atoms with Crippen LogP contribution in [-0.4, -0.2) is 63.9 Å². The average Bonchev–Trinajstić information content (AvgIpc) is 2.91. The number of nitrogens with one attached hydrogen (secondary N) is 2. The first-order chi connectivity index (χ1) is 19.0. The molecule has 0 saturated heterocycles. The third kappa shape index (κ3) is 12.2. The summed E-state index contributed by atoms with van der Waals surface area (Å²) in [7, 11) is 0. The van der Waals surface area contributed by atoms with E-state index < -0.39 is 36.1 Å². The lowest BCUT2D eigenvalue weighted by Gasteiger charge is -2.17. The Bertz CT molecular complexity index is 1160. The first-order valence-corrected chi connectivity index (χ1v) is 13.4. The van der Waals surface area contributed by atoms with Gasteiger partial charge in [0.1, 0.15) is 11.9 Å². The molecule has 2 aromatic rings. The van der Waals surface area contributed by atoms with Gasteiger partial charge in [-0.15, -0.1) is 11.8 Å². The summed E-state index contributed by atoms with van der Waals surface area (Å²) in [6.07, 6.45) is -2.56. The predicted molar refractivity (Wildman–Crippen MR) is 143 cm³/mol. The number of carboxylic acids is 3. The number of unbranched alkanes of at least 4 members (excludes halogenated alkanes) is 1. The zero-order chi connectivity index (χ0) is 29.5. The lowest BCUT2D eigenvalue weighted by molar-refractivity contribution is -0.147. The first-order valence-electron chi connectivity index (χ1n) is 12.4. The van der Waals surface area contributed by atoms with Gasteiger partial charge >= 0.3 is 24.0 Å². The number of amides is 2. The second-order valence-corrected chi connectivity index (χ2v) is 9.79. The highest BCUT2D eigenvalue weighted by Crippen LogP contribution is 2.23. The van der Waals surface area contributed by atoms with Crippen LogP contribution in [0.2, 0.25) is 0 Å². The van der Waals surface area contributed by atoms with Gasteiger partial charge in [-0.25, -0.2) is 18.8 Å². The van der Waals surface area contributed by atoms with Crippen molar-refractivity contribution >= 4 is 41.7 Å². The third-order valence-electron chi connectivity index (χ3n) is 5.61. The van der Waals surface area contributed by atoms with Gasteiger partial charge in [-0.3, -0.25) is 9.59 Å². The Morgan fingerprint density at radius 2 is 1.52 bits per heavy atom. The highest BCUT2D eigenvalue weighted by molar-refractivity contribution is 7.98. The van der Waals surface area contributed by atoms with Crippen LogP contribution in [0.5, 0.6) is 0 Å². The maximum Gasteiger partial charge on any atom is 0.408 e. The number of aliphatic carboxylic acids is 3. The van der Waals surface area contributed by atoms with Crippen molar-refractivity contribution in [1.82, 2.24) is 10.6 Å². The van der Waals surface area contributed by atoms with Crippen LogP contribution in [0.3, 0.4) is 0 Å². The molecule has 0 heterocycles. The van der Waals surface area contributed by atoms with Crippen LogP contribution in [0.4, 0.5) is 9.18 Å². The largest absolute Gasteiger partial charge is 0.481 e. The Labute approximate surface area is 234 Å². The quantitative estimate of drug-likeness (QED) is 0.136. The summed E-state index contributed by atoms with van der Waals surface area (Å²) in [5.41, 5.74) is 1.42. The second-order valence-electron chi connectivity index (χ2n) is 8.74. The highest BCUT2D eigenvalue weighted by atomic mass is 32.2. The zero-order valence-corrected chi connectivity index (χ0v) is 22.3. The van der Waals surface area contributed by atoms with Gasteiger partial charge in [0.25, 0.3) is 5.91 Å². The fraction of sp³-hybridized carbons (Fsp3) is 0.370. The molecule has 0 radical (unpaired) electrons. The van der Waals surface area contributed by atoms with E-state index in [1.54, 1.807) is 36.0 Å². The molecule has 13 heteroatoms. The maximum atomic E-state index is 13.0. The van der Waals surface area contributed by atoms with Crippen LogP contribution in [0, 0.1) is 5.82 Å². The Morgan fingerprint density at radius 1 is 0.850 bits per heavy atom. The molecular formula is C27H31FN2O9S. The smallest absolute Gasteiger partial charge is 0.408 e. The van der Waals surface area contributed by atoms with Crippen LogP contribution in [0.25, 0.3) is 0 Å². The van der Waals surface area contributed by atoms with E-state index in [2.05, 4.69) is 5.32 Å². The Morgan fingerprint density at radius 3 is 2.12 bits per heavy atom. The monoisotopic (exact) mass is 578 g/mol. The molecule has 0 saturated carbocycles. The summed E-state index contributed by atoms with van der Waals surface area (Å²) in [5, 5.41) is 31.9. The van der Waals surface area contributed by atoms with Crippen molar-refractivity contribution in [1.29, 1.82) is 0 Å². The molecule has 40 heavy (non-hydrogen) atoms. The molecule has 2 rings (SSSR count). The number of benzene rings is 2. The van der Waals surface area contributed by atoms with Crippen LogP contribution < -0.4 is 10.6 Å². The molecule has 0 aliphatic heterocycles. The molecule has 0 fully saturated rings. The topological polar surface area (TPSA) is 179 Å². The van der Waals surface area contributed by atoms with Gasteiger partial charge in [-0.2, -0.15) is 0 Å². The van der Waals surface area contributed by atoms with Crippen LogP contribution >= 0.6 is 11.8 Å². The van der Waals surface area contributed by atoms with Gasteiger partial charge in [0.15, 0.2) is 0 Å². The number of rotatable bonds is 17. The molecule has 0 aromatic heterocycles. The predicted octanol–water partition coefficient (Wildman–Crippen LogP) is 3.91. The minimum Gasteiger partial charge on any atom is -0.481 e. The summed E-state index contributed by atoms with van der Waals surface area (Å²) in [6.45, 7) is 0.253. The molecule has 2 atom stereocenters. The lowest BCUT2D eigenvalue weighted by Crippen LogP contribution is -2.43. The molecule has 11 nitrogen and oxygen atoms in total. The highest BCUT2D eigenvalue weighted by Gasteiger charge is 2.26. The third-order valence-corrected chi connectivity index (χ3v) is 6.70. The number of ether oxygens (including phenoxy) is 1. The second kappa shape index (κ2) is 16.7. The summed E-state index contributed by atoms with van der Waals surface area (Å²) in [6, 6.07) is 11.8. The average molecular weight is 579 g/mol. The first kappa shape index (κ1) is 32.1. The van der Waals surface area contributed by atoms with E-state index in [0.717, 1.165) is 10.5 Å². The van der Waals surface area contributed by atoms with E-state index in [4.69, 9.17) is 14.9 Å². The molecule has 216 valence electrons. The van der Waals surface area contributed by atoms with E-state index >= 15 is 0 Å². The molecule has 0 aliphatic rings. The standard InChI is InChI=1S/C27H31FN2O9S/c28-19-11-7-17(8-12-19)16-40-20-13-9-18(10-14-20)24(33)29-15-2-1-5-22(26(36)37)39-27(38)30-21(25(34)35)4-3-6-23(31)32/h7-14,21-22H,1-6,15-16H2,(H,29,33)(H,30,38)(H,31,32)(H,34,35)(H,36,37)/t21-,22-/m0/s1. The number of carboxylic acid groups (broad SMARTS) is 3. The van der Waals surface area contributed by atoms with Crippen LogP contribution in [0.1, 0.15) is 54.4 Å². The number of thioether (sulfide) groups is 1. The number of carbonyl (C=O) groups excluding carboxylic acids is 2. The van der Waals surface area contributed by atoms with Crippen molar-refractivity contribution < 1.29 is 48.4 Å². The number of hydrogen-bond donors (Lipinski definition) is 5. The van der Waals surface area contributed by atoms with Crippen LogP contribution in [-0.2, 0) is 24.9 Å². The van der Waals surface area contributed by atoms with Crippen molar-refractivity contribution in [3.05, 3.63) is 65.5 Å². The van der Waals surface area contributed by atoms with Crippen molar-refractivity contribution in [2.24, 2.45) is 0 Å². The molecule has 2 aromatic carbocycles. The SMILES string of the molecule is O=C(O)CCC[C@H](NC(=O)O[C@@H](CCCCNC(=O)c1ccc(SCc2ccc(F)cc2)cc1)C(=O)O)C(=O)O. The number of halogens is 1. The van der Waals surface area contributed by atoms with Crippen molar-refractivity contribution in [2.45, 2.75) is 61.3 Å². The summed E-state index contributed by atoms with van der Waals surface area (Å²) >= 11 is 1.55. The Balaban J connectivity index is 1.71. The van der Waals surface area contributed by atoms with E-state index in [-0.39, 0.29) is 44.0 Å². The van der Waals surface area contributed by atoms with E-state index in [1.807, 2.05) is 17.4 Å². The maximum absolute atomic E-state index is 13.0. The van der Waals surface area contributed by atoms with E-state index in [0.29, 0.717) is 24.2 Å². The fourth-order valence-electron chi connectivity index (χ4n) is 3.46. The molecule has 0 unspecified atom stereocenters.